The molecule has 1 N–H and O–H groups in total. The number of carbonyl (C=O) groups excluding carboxylic acids is 2. The highest BCUT2D eigenvalue weighted by Crippen LogP contribution is 2.32. The molecule has 1 aliphatic heterocycles. The zero-order valence-electron chi connectivity index (χ0n) is 16.7. The van der Waals surface area contributed by atoms with E-state index in [4.69, 9.17) is 4.74 Å². The van der Waals surface area contributed by atoms with Crippen molar-refractivity contribution < 1.29 is 14.3 Å². The number of amides is 2. The number of nitrogens with one attached hydrogen (secondary N) is 1. The Balaban J connectivity index is 2.07. The molecule has 1 aromatic carbocycles. The van der Waals surface area contributed by atoms with Crippen LogP contribution in [0.15, 0.2) is 24.3 Å². The molecule has 1 aromatic rings. The van der Waals surface area contributed by atoms with Gasteiger partial charge in [0.1, 0.15) is 5.60 Å². The minimum Gasteiger partial charge on any atom is -0.444 e. The number of rotatable bonds is 4. The second-order valence-electron chi connectivity index (χ2n) is 8.23. The Hall–Kier alpha value is -2.04. The summed E-state index contributed by atoms with van der Waals surface area (Å²) in [5.74, 6) is -0.00988. The molecule has 1 aliphatic rings. The predicted molar refractivity (Wildman–Crippen MR) is 103 cm³/mol. The van der Waals surface area contributed by atoms with Crippen LogP contribution in [0.2, 0.25) is 0 Å². The summed E-state index contributed by atoms with van der Waals surface area (Å²) in [4.78, 5) is 25.6. The standard InChI is InChI=1S/C21H32N2O3/c1-15(22-16(2)24)14-17-9-11-18(12-10-17)19-8-6-7-13-23(19)20(25)26-21(3,4)5/h9-12,15,19H,6-8,13-14H2,1-5H3,(H,22,24). The highest BCUT2D eigenvalue weighted by atomic mass is 16.6. The van der Waals surface area contributed by atoms with Gasteiger partial charge in [0.15, 0.2) is 0 Å². The molecule has 0 spiro atoms. The van der Waals surface area contributed by atoms with Crippen molar-refractivity contribution in [3.8, 4) is 0 Å². The van der Waals surface area contributed by atoms with E-state index in [1.54, 1.807) is 0 Å². The van der Waals surface area contributed by atoms with Crippen LogP contribution in [-0.4, -0.2) is 35.1 Å². The van der Waals surface area contributed by atoms with E-state index in [9.17, 15) is 9.59 Å². The Morgan fingerprint density at radius 1 is 1.23 bits per heavy atom. The van der Waals surface area contributed by atoms with Gasteiger partial charge in [-0.15, -0.1) is 0 Å². The van der Waals surface area contributed by atoms with Gasteiger partial charge >= 0.3 is 6.09 Å². The molecule has 2 unspecified atom stereocenters. The summed E-state index contributed by atoms with van der Waals surface area (Å²) in [6, 6.07) is 8.56. The summed E-state index contributed by atoms with van der Waals surface area (Å²) in [5.41, 5.74) is 1.84. The van der Waals surface area contributed by atoms with Crippen LogP contribution >= 0.6 is 0 Å². The fourth-order valence-electron chi connectivity index (χ4n) is 3.44. The average molecular weight is 360 g/mol. The Kier molecular flexibility index (Phi) is 6.68. The molecule has 0 radical (unpaired) electrons. The SMILES string of the molecule is CC(=O)NC(C)Cc1ccc(C2CCCCN2C(=O)OC(C)(C)C)cc1. The number of nitrogens with zero attached hydrogens (tertiary/aromatic N) is 1. The molecule has 2 atom stereocenters. The molecule has 0 aliphatic carbocycles. The maximum atomic E-state index is 12.6. The monoisotopic (exact) mass is 360 g/mol. The van der Waals surface area contributed by atoms with Crippen LogP contribution in [0.25, 0.3) is 0 Å². The molecule has 144 valence electrons. The minimum absolute atomic E-state index is 0.00988. The molecule has 1 saturated heterocycles. The van der Waals surface area contributed by atoms with Crippen LogP contribution in [0.5, 0.6) is 0 Å². The second-order valence-corrected chi connectivity index (χ2v) is 8.23. The highest BCUT2D eigenvalue weighted by Gasteiger charge is 2.31. The van der Waals surface area contributed by atoms with E-state index in [0.29, 0.717) is 0 Å². The van der Waals surface area contributed by atoms with Crippen molar-refractivity contribution in [2.24, 2.45) is 0 Å². The first kappa shape index (κ1) is 20.3. The smallest absolute Gasteiger partial charge is 0.410 e. The first-order valence-corrected chi connectivity index (χ1v) is 9.51. The molecule has 0 saturated carbocycles. The van der Waals surface area contributed by atoms with Crippen LogP contribution in [0.3, 0.4) is 0 Å². The molecule has 5 heteroatoms. The number of piperidine rings is 1. The van der Waals surface area contributed by atoms with Gasteiger partial charge in [-0.1, -0.05) is 24.3 Å². The minimum atomic E-state index is -0.483. The Labute approximate surface area is 157 Å². The summed E-state index contributed by atoms with van der Waals surface area (Å²) < 4.78 is 5.59. The lowest BCUT2D eigenvalue weighted by Gasteiger charge is -2.37. The van der Waals surface area contributed by atoms with Crippen molar-refractivity contribution in [3.63, 3.8) is 0 Å². The van der Waals surface area contributed by atoms with E-state index in [0.717, 1.165) is 37.8 Å². The van der Waals surface area contributed by atoms with Crippen LogP contribution in [0, 0.1) is 0 Å². The van der Waals surface area contributed by atoms with E-state index in [2.05, 4.69) is 29.6 Å². The first-order valence-electron chi connectivity index (χ1n) is 9.51. The lowest BCUT2D eigenvalue weighted by atomic mass is 9.94. The number of carbonyl (C=O) groups is 2. The largest absolute Gasteiger partial charge is 0.444 e. The Morgan fingerprint density at radius 3 is 2.46 bits per heavy atom. The molecule has 2 amide bonds. The number of hydrogen-bond donors (Lipinski definition) is 1. The number of benzene rings is 1. The van der Waals surface area contributed by atoms with Crippen molar-refractivity contribution in [1.29, 1.82) is 0 Å². The van der Waals surface area contributed by atoms with E-state index >= 15 is 0 Å². The van der Waals surface area contributed by atoms with Crippen LogP contribution in [-0.2, 0) is 16.0 Å². The van der Waals surface area contributed by atoms with E-state index in [1.165, 1.54) is 12.5 Å². The van der Waals surface area contributed by atoms with Crippen LogP contribution in [0.4, 0.5) is 4.79 Å². The average Bonchev–Trinajstić information content (AvgIpc) is 2.53. The van der Waals surface area contributed by atoms with Crippen LogP contribution < -0.4 is 5.32 Å². The third kappa shape index (κ3) is 6.04. The van der Waals surface area contributed by atoms with Gasteiger partial charge in [0.25, 0.3) is 0 Å². The molecular formula is C21H32N2O3. The molecule has 1 heterocycles. The highest BCUT2D eigenvalue weighted by molar-refractivity contribution is 5.73. The van der Waals surface area contributed by atoms with E-state index in [1.807, 2.05) is 32.6 Å². The molecule has 1 fully saturated rings. The number of hydrogen-bond acceptors (Lipinski definition) is 3. The van der Waals surface area contributed by atoms with Gasteiger partial charge in [-0.3, -0.25) is 4.79 Å². The zero-order chi connectivity index (χ0) is 19.3. The van der Waals surface area contributed by atoms with Crippen molar-refractivity contribution >= 4 is 12.0 Å². The third-order valence-corrected chi connectivity index (χ3v) is 4.49. The van der Waals surface area contributed by atoms with Gasteiger partial charge < -0.3 is 15.0 Å². The normalized spacial score (nSPS) is 19.0. The molecule has 0 aromatic heterocycles. The fourth-order valence-corrected chi connectivity index (χ4v) is 3.44. The summed E-state index contributed by atoms with van der Waals surface area (Å²) in [7, 11) is 0. The van der Waals surface area contributed by atoms with E-state index < -0.39 is 5.60 Å². The summed E-state index contributed by atoms with van der Waals surface area (Å²) in [6.45, 7) is 9.97. The van der Waals surface area contributed by atoms with Gasteiger partial charge in [0.05, 0.1) is 6.04 Å². The molecule has 0 bridgehead atoms. The van der Waals surface area contributed by atoms with Gasteiger partial charge in [-0.2, -0.15) is 0 Å². The van der Waals surface area contributed by atoms with Crippen molar-refractivity contribution in [1.82, 2.24) is 10.2 Å². The fraction of sp³-hybridized carbons (Fsp3) is 0.619. The topological polar surface area (TPSA) is 58.6 Å². The second kappa shape index (κ2) is 8.56. The zero-order valence-corrected chi connectivity index (χ0v) is 16.7. The third-order valence-electron chi connectivity index (χ3n) is 4.49. The van der Waals surface area contributed by atoms with Gasteiger partial charge in [0.2, 0.25) is 5.91 Å². The lowest BCUT2D eigenvalue weighted by Crippen LogP contribution is -2.41. The summed E-state index contributed by atoms with van der Waals surface area (Å²) in [5, 5.41) is 2.90. The lowest BCUT2D eigenvalue weighted by molar-refractivity contribution is -0.119. The van der Waals surface area contributed by atoms with Gasteiger partial charge in [0, 0.05) is 19.5 Å². The van der Waals surface area contributed by atoms with Crippen molar-refractivity contribution in [3.05, 3.63) is 35.4 Å². The first-order chi connectivity index (χ1) is 12.2. The Bertz CT molecular complexity index is 619. The summed E-state index contributed by atoms with van der Waals surface area (Å²) in [6.07, 6.45) is 3.65. The molecule has 2 rings (SSSR count). The number of ether oxygens (including phenoxy) is 1. The molecular weight excluding hydrogens is 328 g/mol. The van der Waals surface area contributed by atoms with Crippen LogP contribution in [0.1, 0.15) is 71.0 Å². The maximum Gasteiger partial charge on any atom is 0.410 e. The maximum absolute atomic E-state index is 12.6. The molecule has 26 heavy (non-hydrogen) atoms. The van der Waals surface area contributed by atoms with Crippen molar-refractivity contribution in [2.45, 2.75) is 78.0 Å². The summed E-state index contributed by atoms with van der Waals surface area (Å²) >= 11 is 0. The van der Waals surface area contributed by atoms with Gasteiger partial charge in [-0.25, -0.2) is 4.79 Å². The van der Waals surface area contributed by atoms with Gasteiger partial charge in [-0.05, 0) is 64.5 Å². The molecule has 5 nitrogen and oxygen atoms in total. The predicted octanol–water partition coefficient (Wildman–Crippen LogP) is 4.22. The van der Waals surface area contributed by atoms with E-state index in [-0.39, 0.29) is 24.1 Å². The quantitative estimate of drug-likeness (QED) is 0.875. The van der Waals surface area contributed by atoms with Crippen molar-refractivity contribution in [2.75, 3.05) is 6.54 Å². The Morgan fingerprint density at radius 2 is 1.88 bits per heavy atom. The number of likely N-dealkylation sites (tertiary alicyclic amines) is 1.